The maximum absolute atomic E-state index is 12.2. The van der Waals surface area contributed by atoms with Gasteiger partial charge in [-0.05, 0) is 35.9 Å². The molecule has 0 unspecified atom stereocenters. The maximum Gasteiger partial charge on any atom is 0.228 e. The minimum atomic E-state index is -0.158. The van der Waals surface area contributed by atoms with Crippen molar-refractivity contribution < 1.29 is 14.0 Å². The van der Waals surface area contributed by atoms with Crippen LogP contribution >= 0.6 is 0 Å². The summed E-state index contributed by atoms with van der Waals surface area (Å²) < 4.78 is 5.42. The third-order valence-corrected chi connectivity index (χ3v) is 3.39. The first-order valence-electron chi connectivity index (χ1n) is 7.53. The Morgan fingerprint density at radius 2 is 1.83 bits per heavy atom. The van der Waals surface area contributed by atoms with Crippen LogP contribution in [0.5, 0.6) is 0 Å². The van der Waals surface area contributed by atoms with Gasteiger partial charge in [0.15, 0.2) is 11.5 Å². The van der Waals surface area contributed by atoms with Gasteiger partial charge in [0.25, 0.3) is 0 Å². The number of anilines is 2. The summed E-state index contributed by atoms with van der Waals surface area (Å²) in [5.41, 5.74) is 3.57. The molecule has 0 aliphatic heterocycles. The quantitative estimate of drug-likeness (QED) is 0.772. The molecule has 3 rings (SSSR count). The van der Waals surface area contributed by atoms with E-state index in [1.165, 1.54) is 6.92 Å². The highest BCUT2D eigenvalue weighted by molar-refractivity contribution is 5.94. The summed E-state index contributed by atoms with van der Waals surface area (Å²) in [6, 6.07) is 12.5. The molecule has 0 bridgehead atoms. The second kappa shape index (κ2) is 6.54. The van der Waals surface area contributed by atoms with Crippen LogP contribution in [0.25, 0.3) is 11.1 Å². The normalized spacial score (nSPS) is 10.6. The number of carbonyl (C=O) groups is 2. The number of nitrogens with one attached hydrogen (secondary N) is 2. The van der Waals surface area contributed by atoms with Gasteiger partial charge in [0.05, 0.1) is 6.42 Å². The van der Waals surface area contributed by atoms with E-state index in [1.54, 1.807) is 31.2 Å². The monoisotopic (exact) mass is 323 g/mol. The van der Waals surface area contributed by atoms with Crippen LogP contribution in [-0.2, 0) is 16.0 Å². The summed E-state index contributed by atoms with van der Waals surface area (Å²) in [6.45, 7) is 3.22. The largest absolute Gasteiger partial charge is 0.441 e. The van der Waals surface area contributed by atoms with Gasteiger partial charge >= 0.3 is 0 Å². The highest BCUT2D eigenvalue weighted by Gasteiger charge is 2.08. The number of hydrogen-bond acceptors (Lipinski definition) is 4. The Kier molecular flexibility index (Phi) is 4.29. The van der Waals surface area contributed by atoms with E-state index in [1.807, 2.05) is 18.2 Å². The van der Waals surface area contributed by atoms with Gasteiger partial charge in [-0.25, -0.2) is 4.98 Å². The summed E-state index contributed by atoms with van der Waals surface area (Å²) in [5, 5.41) is 5.50. The molecule has 0 aliphatic carbocycles. The first kappa shape index (κ1) is 15.7. The average Bonchev–Trinajstić information content (AvgIpc) is 2.86. The lowest BCUT2D eigenvalue weighted by Gasteiger charge is -2.08. The van der Waals surface area contributed by atoms with Crippen LogP contribution in [0, 0.1) is 6.92 Å². The van der Waals surface area contributed by atoms with Gasteiger partial charge in [-0.3, -0.25) is 9.59 Å². The Hall–Kier alpha value is -3.15. The number of aryl methyl sites for hydroxylation is 1. The van der Waals surface area contributed by atoms with Crippen molar-refractivity contribution in [3.8, 4) is 0 Å². The van der Waals surface area contributed by atoms with Gasteiger partial charge in [-0.1, -0.05) is 12.1 Å². The van der Waals surface area contributed by atoms with Crippen molar-refractivity contribution in [2.24, 2.45) is 0 Å². The molecule has 0 aliphatic rings. The molecule has 1 heterocycles. The van der Waals surface area contributed by atoms with Gasteiger partial charge in [-0.2, -0.15) is 0 Å². The highest BCUT2D eigenvalue weighted by atomic mass is 16.3. The van der Waals surface area contributed by atoms with E-state index in [0.717, 1.165) is 11.1 Å². The second-order valence-electron chi connectivity index (χ2n) is 5.52. The summed E-state index contributed by atoms with van der Waals surface area (Å²) in [7, 11) is 0. The molecule has 1 aromatic heterocycles. The molecule has 2 aromatic carbocycles. The average molecular weight is 323 g/mol. The number of oxazole rings is 1. The van der Waals surface area contributed by atoms with Crippen molar-refractivity contribution in [3.05, 3.63) is 53.9 Å². The molecular weight excluding hydrogens is 306 g/mol. The molecule has 2 N–H and O–H groups in total. The molecule has 0 saturated carbocycles. The first-order chi connectivity index (χ1) is 11.5. The summed E-state index contributed by atoms with van der Waals surface area (Å²) in [6.07, 6.45) is 0.228. The molecule has 3 aromatic rings. The lowest BCUT2D eigenvalue weighted by atomic mass is 10.1. The molecule has 2 amide bonds. The summed E-state index contributed by atoms with van der Waals surface area (Å²) >= 11 is 0. The number of benzene rings is 2. The highest BCUT2D eigenvalue weighted by Crippen LogP contribution is 2.18. The van der Waals surface area contributed by atoms with E-state index in [2.05, 4.69) is 15.6 Å². The Bertz CT molecular complexity index is 915. The zero-order valence-electron chi connectivity index (χ0n) is 13.4. The zero-order chi connectivity index (χ0) is 17.1. The van der Waals surface area contributed by atoms with Crippen LogP contribution in [0.3, 0.4) is 0 Å². The zero-order valence-corrected chi connectivity index (χ0v) is 13.4. The molecule has 0 atom stereocenters. The smallest absolute Gasteiger partial charge is 0.228 e. The number of aromatic nitrogens is 1. The van der Waals surface area contributed by atoms with Crippen molar-refractivity contribution >= 4 is 34.3 Å². The minimum absolute atomic E-state index is 0.144. The van der Waals surface area contributed by atoms with Crippen LogP contribution in [0.1, 0.15) is 18.4 Å². The lowest BCUT2D eigenvalue weighted by Crippen LogP contribution is -2.14. The summed E-state index contributed by atoms with van der Waals surface area (Å²) in [4.78, 5) is 27.6. The molecule has 0 saturated heterocycles. The van der Waals surface area contributed by atoms with Crippen LogP contribution in [0.4, 0.5) is 11.4 Å². The third kappa shape index (κ3) is 3.78. The van der Waals surface area contributed by atoms with E-state index >= 15 is 0 Å². The minimum Gasteiger partial charge on any atom is -0.441 e. The number of fused-ring (bicyclic) bond motifs is 1. The van der Waals surface area contributed by atoms with Crippen LogP contribution in [-0.4, -0.2) is 16.8 Å². The lowest BCUT2D eigenvalue weighted by molar-refractivity contribution is -0.115. The van der Waals surface area contributed by atoms with E-state index in [9.17, 15) is 9.59 Å². The van der Waals surface area contributed by atoms with Gasteiger partial charge in [0, 0.05) is 25.2 Å². The molecule has 24 heavy (non-hydrogen) atoms. The first-order valence-corrected chi connectivity index (χ1v) is 7.53. The number of nitrogens with zero attached hydrogens (tertiary/aromatic N) is 1. The predicted octanol–water partition coefficient (Wildman–Crippen LogP) is 3.28. The summed E-state index contributed by atoms with van der Waals surface area (Å²) in [5.74, 6) is 0.297. The Labute approximate surface area is 138 Å². The Balaban J connectivity index is 1.69. The van der Waals surface area contributed by atoms with Crippen molar-refractivity contribution in [1.29, 1.82) is 0 Å². The van der Waals surface area contributed by atoms with Crippen LogP contribution < -0.4 is 10.6 Å². The van der Waals surface area contributed by atoms with E-state index in [-0.39, 0.29) is 18.2 Å². The maximum atomic E-state index is 12.2. The fourth-order valence-electron chi connectivity index (χ4n) is 2.47. The number of amides is 2. The van der Waals surface area contributed by atoms with Crippen molar-refractivity contribution in [2.75, 3.05) is 10.6 Å². The fourth-order valence-corrected chi connectivity index (χ4v) is 2.47. The van der Waals surface area contributed by atoms with Crippen LogP contribution in [0.15, 0.2) is 46.9 Å². The molecule has 0 spiro atoms. The van der Waals surface area contributed by atoms with E-state index in [4.69, 9.17) is 4.42 Å². The molecule has 6 heteroatoms. The predicted molar refractivity (Wildman–Crippen MR) is 91.8 cm³/mol. The Morgan fingerprint density at radius 1 is 1.08 bits per heavy atom. The second-order valence-corrected chi connectivity index (χ2v) is 5.52. The Morgan fingerprint density at radius 3 is 2.58 bits per heavy atom. The SMILES string of the molecule is CC(=O)Nc1cccc(NC(=O)Cc2ccc3oc(C)nc3c2)c1. The standard InChI is InChI=1S/C18H17N3O3/c1-11(22)19-14-4-3-5-15(10-14)21-18(23)9-13-6-7-17-16(8-13)20-12(2)24-17/h3-8,10H,9H2,1-2H3,(H,19,22)(H,21,23). The topological polar surface area (TPSA) is 84.2 Å². The van der Waals surface area contributed by atoms with Gasteiger partial charge in [-0.15, -0.1) is 0 Å². The van der Waals surface area contributed by atoms with Gasteiger partial charge in [0.1, 0.15) is 5.52 Å². The van der Waals surface area contributed by atoms with Crippen LogP contribution in [0.2, 0.25) is 0 Å². The number of rotatable bonds is 4. The number of carbonyl (C=O) groups excluding carboxylic acids is 2. The van der Waals surface area contributed by atoms with Gasteiger partial charge in [0.2, 0.25) is 11.8 Å². The van der Waals surface area contributed by atoms with Crippen molar-refractivity contribution in [3.63, 3.8) is 0 Å². The molecule has 0 fully saturated rings. The molecule has 6 nitrogen and oxygen atoms in total. The molecular formula is C18H17N3O3. The van der Waals surface area contributed by atoms with Crippen molar-refractivity contribution in [1.82, 2.24) is 4.98 Å². The molecule has 122 valence electrons. The van der Waals surface area contributed by atoms with E-state index < -0.39 is 0 Å². The van der Waals surface area contributed by atoms with Crippen molar-refractivity contribution in [2.45, 2.75) is 20.3 Å². The number of hydrogen-bond donors (Lipinski definition) is 2. The third-order valence-electron chi connectivity index (χ3n) is 3.39. The van der Waals surface area contributed by atoms with E-state index in [0.29, 0.717) is 22.8 Å². The fraction of sp³-hybridized carbons (Fsp3) is 0.167. The van der Waals surface area contributed by atoms with Gasteiger partial charge < -0.3 is 15.1 Å². The molecule has 0 radical (unpaired) electrons.